The number of benzene rings is 2. The first-order valence-electron chi connectivity index (χ1n) is 13.2. The quantitative estimate of drug-likeness (QED) is 0.510. The van der Waals surface area contributed by atoms with E-state index in [1.807, 2.05) is 4.90 Å². The molecule has 0 unspecified atom stereocenters. The standard InChI is InChI=1S/C29H35FN6O3/c1-19-17-36(18-20(2)34(19)3)27-14-25(30)24(22-15-31-29(32-16-22)35-8-10-39-11-9-35)13-26(27)33-28(37)21-6-5-7-23(12-21)38-4/h5-7,12-16,19-20H,8-11,17-18H2,1-4H3,(H,33,37)/t19-,20+. The second-order valence-corrected chi connectivity index (χ2v) is 10.2. The molecule has 3 heterocycles. The van der Waals surface area contributed by atoms with Gasteiger partial charge in [-0.3, -0.25) is 9.69 Å². The van der Waals surface area contributed by atoms with Crippen molar-refractivity contribution in [2.45, 2.75) is 25.9 Å². The van der Waals surface area contributed by atoms with E-state index in [2.05, 4.69) is 46.0 Å². The minimum Gasteiger partial charge on any atom is -0.497 e. The fourth-order valence-electron chi connectivity index (χ4n) is 5.09. The first kappa shape index (κ1) is 26.8. The maximum Gasteiger partial charge on any atom is 0.255 e. The minimum atomic E-state index is -0.397. The highest BCUT2D eigenvalue weighted by atomic mass is 19.1. The van der Waals surface area contributed by atoms with E-state index < -0.39 is 5.82 Å². The highest BCUT2D eigenvalue weighted by Gasteiger charge is 2.29. The summed E-state index contributed by atoms with van der Waals surface area (Å²) < 4.78 is 26.4. The monoisotopic (exact) mass is 534 g/mol. The lowest BCUT2D eigenvalue weighted by Crippen LogP contribution is -2.55. The lowest BCUT2D eigenvalue weighted by molar-refractivity contribution is 0.102. The number of amides is 1. The molecule has 2 aliphatic heterocycles. The summed E-state index contributed by atoms with van der Waals surface area (Å²) in [5, 5.41) is 3.04. The zero-order valence-corrected chi connectivity index (χ0v) is 22.9. The van der Waals surface area contributed by atoms with Crippen molar-refractivity contribution in [3.05, 3.63) is 60.2 Å². The molecule has 206 valence electrons. The van der Waals surface area contributed by atoms with Crippen molar-refractivity contribution in [2.24, 2.45) is 0 Å². The Labute approximate surface area is 228 Å². The van der Waals surface area contributed by atoms with Crippen LogP contribution < -0.4 is 19.9 Å². The molecule has 5 rings (SSSR count). The van der Waals surface area contributed by atoms with E-state index in [4.69, 9.17) is 9.47 Å². The fraction of sp³-hybridized carbons (Fsp3) is 0.414. The third-order valence-corrected chi connectivity index (χ3v) is 7.61. The van der Waals surface area contributed by atoms with Gasteiger partial charge in [-0.2, -0.15) is 0 Å². The number of hydrogen-bond donors (Lipinski definition) is 1. The molecule has 0 aliphatic carbocycles. The topological polar surface area (TPSA) is 83.1 Å². The van der Waals surface area contributed by atoms with Crippen molar-refractivity contribution in [1.29, 1.82) is 0 Å². The molecule has 2 saturated heterocycles. The van der Waals surface area contributed by atoms with Crippen LogP contribution in [0.5, 0.6) is 5.75 Å². The predicted molar refractivity (Wildman–Crippen MR) is 150 cm³/mol. The molecule has 2 aliphatic rings. The number of piperazine rings is 1. The van der Waals surface area contributed by atoms with Gasteiger partial charge in [0.05, 0.1) is 31.7 Å². The number of halogens is 1. The Bertz CT molecular complexity index is 1300. The summed E-state index contributed by atoms with van der Waals surface area (Å²) >= 11 is 0. The number of ether oxygens (including phenoxy) is 2. The van der Waals surface area contributed by atoms with E-state index in [9.17, 15) is 4.79 Å². The van der Waals surface area contributed by atoms with Crippen molar-refractivity contribution in [1.82, 2.24) is 14.9 Å². The van der Waals surface area contributed by atoms with E-state index in [-0.39, 0.29) is 18.0 Å². The average Bonchev–Trinajstić information content (AvgIpc) is 2.97. The molecule has 39 heavy (non-hydrogen) atoms. The summed E-state index contributed by atoms with van der Waals surface area (Å²) in [6, 6.07) is 10.7. The van der Waals surface area contributed by atoms with Gasteiger partial charge >= 0.3 is 0 Å². The molecule has 0 bridgehead atoms. The Balaban J connectivity index is 1.50. The van der Waals surface area contributed by atoms with Crippen LogP contribution >= 0.6 is 0 Å². The largest absolute Gasteiger partial charge is 0.497 e. The molecular formula is C29H35FN6O3. The van der Waals surface area contributed by atoms with Gasteiger partial charge < -0.3 is 24.6 Å². The normalized spacial score (nSPS) is 20.1. The molecule has 0 spiro atoms. The number of aromatic nitrogens is 2. The van der Waals surface area contributed by atoms with Gasteiger partial charge in [0.2, 0.25) is 5.95 Å². The molecule has 2 aromatic carbocycles. The molecule has 10 heteroatoms. The average molecular weight is 535 g/mol. The van der Waals surface area contributed by atoms with Gasteiger partial charge in [0.25, 0.3) is 5.91 Å². The number of carbonyl (C=O) groups is 1. The number of nitrogens with zero attached hydrogens (tertiary/aromatic N) is 5. The first-order chi connectivity index (χ1) is 18.8. The SMILES string of the molecule is COc1cccc(C(=O)Nc2cc(-c3cnc(N4CCOCC4)nc3)c(F)cc2N2C[C@@H](C)N(C)[C@@H](C)C2)c1. The van der Waals surface area contributed by atoms with Crippen LogP contribution in [-0.2, 0) is 4.74 Å². The maximum atomic E-state index is 15.7. The highest BCUT2D eigenvalue weighted by molar-refractivity contribution is 6.06. The number of carbonyl (C=O) groups excluding carboxylic acids is 1. The van der Waals surface area contributed by atoms with Gasteiger partial charge in [0, 0.05) is 67.3 Å². The molecule has 0 saturated carbocycles. The van der Waals surface area contributed by atoms with Gasteiger partial charge in [-0.1, -0.05) is 6.07 Å². The third kappa shape index (κ3) is 5.81. The van der Waals surface area contributed by atoms with E-state index in [1.165, 1.54) is 6.07 Å². The second-order valence-electron chi connectivity index (χ2n) is 10.2. The Morgan fingerprint density at radius 2 is 1.74 bits per heavy atom. The molecule has 0 radical (unpaired) electrons. The van der Waals surface area contributed by atoms with Gasteiger partial charge in [0.15, 0.2) is 0 Å². The van der Waals surface area contributed by atoms with Gasteiger partial charge in [-0.25, -0.2) is 14.4 Å². The number of hydrogen-bond acceptors (Lipinski definition) is 8. The zero-order chi connectivity index (χ0) is 27.5. The van der Waals surface area contributed by atoms with Crippen LogP contribution in [0.1, 0.15) is 24.2 Å². The number of anilines is 3. The Kier molecular flexibility index (Phi) is 7.94. The van der Waals surface area contributed by atoms with Crippen LogP contribution in [0.25, 0.3) is 11.1 Å². The molecule has 1 aromatic heterocycles. The summed E-state index contributed by atoms with van der Waals surface area (Å²) in [5.74, 6) is 0.473. The summed E-state index contributed by atoms with van der Waals surface area (Å²) in [4.78, 5) is 28.8. The number of likely N-dealkylation sites (N-methyl/N-ethyl adjacent to an activating group) is 1. The van der Waals surface area contributed by atoms with Crippen LogP contribution in [-0.4, -0.2) is 86.4 Å². The van der Waals surface area contributed by atoms with Crippen LogP contribution in [0.3, 0.4) is 0 Å². The van der Waals surface area contributed by atoms with Crippen LogP contribution in [0.2, 0.25) is 0 Å². The highest BCUT2D eigenvalue weighted by Crippen LogP contribution is 2.36. The molecule has 1 amide bonds. The van der Waals surface area contributed by atoms with Crippen molar-refractivity contribution in [3.8, 4) is 16.9 Å². The second kappa shape index (κ2) is 11.5. The Morgan fingerprint density at radius 3 is 2.41 bits per heavy atom. The van der Waals surface area contributed by atoms with Crippen molar-refractivity contribution >= 4 is 23.2 Å². The lowest BCUT2D eigenvalue weighted by atomic mass is 10.0. The number of rotatable bonds is 6. The first-order valence-corrected chi connectivity index (χ1v) is 13.2. The molecule has 1 N–H and O–H groups in total. The number of methoxy groups -OCH3 is 1. The van der Waals surface area contributed by atoms with Crippen LogP contribution in [0.4, 0.5) is 21.7 Å². The summed E-state index contributed by atoms with van der Waals surface area (Å²) in [7, 11) is 3.66. The van der Waals surface area contributed by atoms with E-state index in [0.29, 0.717) is 79.2 Å². The van der Waals surface area contributed by atoms with Crippen LogP contribution in [0, 0.1) is 5.82 Å². The number of morpholine rings is 1. The van der Waals surface area contributed by atoms with Crippen molar-refractivity contribution in [3.63, 3.8) is 0 Å². The zero-order valence-electron chi connectivity index (χ0n) is 22.9. The fourth-order valence-corrected chi connectivity index (χ4v) is 5.09. The smallest absolute Gasteiger partial charge is 0.255 e. The molecule has 2 atom stereocenters. The summed E-state index contributed by atoms with van der Waals surface area (Å²) in [6.07, 6.45) is 3.26. The molecular weight excluding hydrogens is 499 g/mol. The van der Waals surface area contributed by atoms with Gasteiger partial charge in [-0.05, 0) is 51.2 Å². The van der Waals surface area contributed by atoms with Gasteiger partial charge in [-0.15, -0.1) is 0 Å². The van der Waals surface area contributed by atoms with E-state index in [1.54, 1.807) is 49.8 Å². The predicted octanol–water partition coefficient (Wildman–Crippen LogP) is 3.91. The number of nitrogens with one attached hydrogen (secondary N) is 1. The summed E-state index contributed by atoms with van der Waals surface area (Å²) in [5.41, 5.74) is 2.48. The molecule has 3 aromatic rings. The lowest BCUT2D eigenvalue weighted by Gasteiger charge is -2.44. The third-order valence-electron chi connectivity index (χ3n) is 7.61. The Hall–Kier alpha value is -3.76. The minimum absolute atomic E-state index is 0.263. The van der Waals surface area contributed by atoms with Crippen LogP contribution in [0.15, 0.2) is 48.8 Å². The Morgan fingerprint density at radius 1 is 1.05 bits per heavy atom. The summed E-state index contributed by atoms with van der Waals surface area (Å²) in [6.45, 7) is 8.39. The maximum absolute atomic E-state index is 15.7. The van der Waals surface area contributed by atoms with Gasteiger partial charge in [0.1, 0.15) is 11.6 Å². The van der Waals surface area contributed by atoms with Crippen molar-refractivity contribution in [2.75, 3.05) is 68.7 Å². The molecule has 2 fully saturated rings. The van der Waals surface area contributed by atoms with E-state index >= 15 is 4.39 Å². The van der Waals surface area contributed by atoms with Crippen molar-refractivity contribution < 1.29 is 18.7 Å². The van der Waals surface area contributed by atoms with E-state index in [0.717, 1.165) is 0 Å². The molecule has 9 nitrogen and oxygen atoms in total.